The van der Waals surface area contributed by atoms with Crippen LogP contribution in [0.4, 0.5) is 32.0 Å². The minimum absolute atomic E-state index is 0.0208. The molecule has 0 atom stereocenters. The predicted molar refractivity (Wildman–Crippen MR) is 110 cm³/mol. The van der Waals surface area contributed by atoms with Gasteiger partial charge < -0.3 is 9.64 Å². The number of rotatable bonds is 4. The van der Waals surface area contributed by atoms with Crippen molar-refractivity contribution in [3.05, 3.63) is 77.1 Å². The summed E-state index contributed by atoms with van der Waals surface area (Å²) < 4.78 is 84.4. The summed E-state index contributed by atoms with van der Waals surface area (Å²) in [5.41, 5.74) is -1.68. The van der Waals surface area contributed by atoms with Gasteiger partial charge in [-0.15, -0.1) is 0 Å². The minimum Gasteiger partial charge on any atom is -0.497 e. The van der Waals surface area contributed by atoms with Crippen LogP contribution in [0.3, 0.4) is 0 Å². The maximum absolute atomic E-state index is 13.2. The number of hydrogen-bond acceptors (Lipinski definition) is 3. The van der Waals surface area contributed by atoms with Crippen molar-refractivity contribution in [3.63, 3.8) is 0 Å². The van der Waals surface area contributed by atoms with E-state index in [1.165, 1.54) is 26.6 Å². The number of carbonyl (C=O) groups excluding carboxylic acids is 1. The van der Waals surface area contributed by atoms with E-state index in [1.54, 1.807) is 31.2 Å². The Morgan fingerprint density at radius 3 is 2.03 bits per heavy atom. The van der Waals surface area contributed by atoms with Crippen molar-refractivity contribution in [1.29, 1.82) is 0 Å². The summed E-state index contributed by atoms with van der Waals surface area (Å²) in [5, 5.41) is 0. The highest BCUT2D eigenvalue weighted by atomic mass is 19.4. The monoisotopic (exact) mass is 468 g/mol. The molecular weight excluding hydrogens is 450 g/mol. The quantitative estimate of drug-likeness (QED) is 0.418. The Hall–Kier alpha value is -3.56. The molecule has 0 saturated carbocycles. The first-order valence-electron chi connectivity index (χ1n) is 9.49. The van der Waals surface area contributed by atoms with Crippen LogP contribution in [0.5, 0.6) is 5.75 Å². The number of alkyl halides is 6. The summed E-state index contributed by atoms with van der Waals surface area (Å²) in [6.07, 6.45) is -7.34. The van der Waals surface area contributed by atoms with Gasteiger partial charge in [-0.25, -0.2) is 0 Å². The molecule has 174 valence electrons. The number of methoxy groups -OCH3 is 1. The smallest absolute Gasteiger partial charge is 0.416 e. The third kappa shape index (κ3) is 5.10. The number of aromatic nitrogens is 1. The van der Waals surface area contributed by atoms with Crippen molar-refractivity contribution < 1.29 is 35.9 Å². The SMILES string of the molecule is COc1ccc(-c2ccncc2N(C)C(=O)c2cc(C(F)(F)F)cc(C(F)(F)F)c2)c(C)c1. The van der Waals surface area contributed by atoms with Gasteiger partial charge in [-0.1, -0.05) is 6.07 Å². The fourth-order valence-electron chi connectivity index (χ4n) is 3.33. The number of carbonyl (C=O) groups is 1. The maximum atomic E-state index is 13.2. The van der Waals surface area contributed by atoms with E-state index in [4.69, 9.17) is 4.74 Å². The lowest BCUT2D eigenvalue weighted by atomic mass is 9.99. The van der Waals surface area contributed by atoms with Crippen LogP contribution >= 0.6 is 0 Å². The Morgan fingerprint density at radius 2 is 1.52 bits per heavy atom. The molecule has 1 amide bonds. The van der Waals surface area contributed by atoms with Crippen LogP contribution in [0.25, 0.3) is 11.1 Å². The van der Waals surface area contributed by atoms with Crippen LogP contribution in [0.1, 0.15) is 27.0 Å². The lowest BCUT2D eigenvalue weighted by Crippen LogP contribution is -2.28. The summed E-state index contributed by atoms with van der Waals surface area (Å²) in [5.74, 6) is -0.452. The predicted octanol–water partition coefficient (Wildman–Crippen LogP) is 6.38. The normalized spacial score (nSPS) is 11.9. The fraction of sp³-hybridized carbons (Fsp3) is 0.217. The number of pyridine rings is 1. The second-order valence-electron chi connectivity index (χ2n) is 7.23. The first kappa shape index (κ1) is 24.1. The molecule has 1 aromatic heterocycles. The molecule has 0 fully saturated rings. The van der Waals surface area contributed by atoms with Gasteiger partial charge in [-0.2, -0.15) is 26.3 Å². The number of ether oxygens (including phenoxy) is 1. The number of aryl methyl sites for hydroxylation is 1. The second kappa shape index (κ2) is 8.76. The van der Waals surface area contributed by atoms with Crippen LogP contribution in [-0.4, -0.2) is 25.0 Å². The van der Waals surface area contributed by atoms with Gasteiger partial charge in [0.2, 0.25) is 0 Å². The fourth-order valence-corrected chi connectivity index (χ4v) is 3.33. The average Bonchev–Trinajstić information content (AvgIpc) is 2.76. The average molecular weight is 468 g/mol. The van der Waals surface area contributed by atoms with Gasteiger partial charge in [-0.3, -0.25) is 9.78 Å². The molecule has 0 aliphatic carbocycles. The molecule has 0 saturated heterocycles. The lowest BCUT2D eigenvalue weighted by Gasteiger charge is -2.22. The summed E-state index contributed by atoms with van der Waals surface area (Å²) in [4.78, 5) is 18.0. The minimum atomic E-state index is -5.06. The first-order valence-corrected chi connectivity index (χ1v) is 9.49. The highest BCUT2D eigenvalue weighted by Crippen LogP contribution is 2.38. The van der Waals surface area contributed by atoms with Crippen molar-refractivity contribution in [3.8, 4) is 16.9 Å². The second-order valence-corrected chi connectivity index (χ2v) is 7.23. The Kier molecular flexibility index (Phi) is 6.40. The Morgan fingerprint density at radius 1 is 0.909 bits per heavy atom. The van der Waals surface area contributed by atoms with Crippen LogP contribution in [0.15, 0.2) is 54.9 Å². The molecule has 0 bridgehead atoms. The van der Waals surface area contributed by atoms with Gasteiger partial charge in [0, 0.05) is 24.4 Å². The summed E-state index contributed by atoms with van der Waals surface area (Å²) in [7, 11) is 2.76. The van der Waals surface area contributed by atoms with Crippen molar-refractivity contribution in [2.75, 3.05) is 19.1 Å². The maximum Gasteiger partial charge on any atom is 0.416 e. The zero-order chi connectivity index (χ0) is 24.6. The van der Waals surface area contributed by atoms with Gasteiger partial charge >= 0.3 is 12.4 Å². The standard InChI is InChI=1S/C23H18F6N2O2/c1-13-8-17(33-3)4-5-18(13)19-6-7-30-12-20(19)31(2)21(32)14-9-15(22(24,25)26)11-16(10-14)23(27,28)29/h4-12H,1-3H3. The summed E-state index contributed by atoms with van der Waals surface area (Å²) in [6, 6.07) is 7.57. The summed E-state index contributed by atoms with van der Waals surface area (Å²) in [6.45, 7) is 1.80. The third-order valence-electron chi connectivity index (χ3n) is 5.02. The van der Waals surface area contributed by atoms with Crippen molar-refractivity contribution in [2.45, 2.75) is 19.3 Å². The Labute approximate surface area is 185 Å². The molecule has 3 aromatic rings. The van der Waals surface area contributed by atoms with Gasteiger partial charge in [0.15, 0.2) is 0 Å². The largest absolute Gasteiger partial charge is 0.497 e. The van der Waals surface area contributed by atoms with E-state index in [0.717, 1.165) is 10.5 Å². The van der Waals surface area contributed by atoms with Gasteiger partial charge in [-0.05, 0) is 54.4 Å². The molecular formula is C23H18F6N2O2. The first-order chi connectivity index (χ1) is 15.3. The molecule has 3 rings (SSSR count). The highest BCUT2D eigenvalue weighted by Gasteiger charge is 2.38. The molecule has 0 aliphatic rings. The van der Waals surface area contributed by atoms with E-state index < -0.39 is 35.0 Å². The van der Waals surface area contributed by atoms with E-state index in [-0.39, 0.29) is 11.8 Å². The molecule has 2 aromatic carbocycles. The van der Waals surface area contributed by atoms with Gasteiger partial charge in [0.1, 0.15) is 5.75 Å². The van der Waals surface area contributed by atoms with E-state index >= 15 is 0 Å². The van der Waals surface area contributed by atoms with Crippen molar-refractivity contribution in [2.24, 2.45) is 0 Å². The number of halogens is 6. The number of benzene rings is 2. The topological polar surface area (TPSA) is 42.4 Å². The lowest BCUT2D eigenvalue weighted by molar-refractivity contribution is -0.143. The number of nitrogens with zero attached hydrogens (tertiary/aromatic N) is 2. The molecule has 4 nitrogen and oxygen atoms in total. The molecule has 0 unspecified atom stereocenters. The van der Waals surface area contributed by atoms with Gasteiger partial charge in [0.05, 0.1) is 30.1 Å². The molecule has 33 heavy (non-hydrogen) atoms. The van der Waals surface area contributed by atoms with E-state index in [1.807, 2.05) is 0 Å². The zero-order valence-corrected chi connectivity index (χ0v) is 17.7. The Balaban J connectivity index is 2.09. The molecule has 0 radical (unpaired) electrons. The molecule has 0 spiro atoms. The summed E-state index contributed by atoms with van der Waals surface area (Å²) >= 11 is 0. The molecule has 0 aliphatic heterocycles. The van der Waals surface area contributed by atoms with E-state index in [9.17, 15) is 31.1 Å². The third-order valence-corrected chi connectivity index (χ3v) is 5.02. The zero-order valence-electron chi connectivity index (χ0n) is 17.7. The molecule has 1 heterocycles. The molecule has 10 heteroatoms. The van der Waals surface area contributed by atoms with Crippen molar-refractivity contribution in [1.82, 2.24) is 4.98 Å². The molecule has 0 N–H and O–H groups in total. The van der Waals surface area contributed by atoms with Crippen LogP contribution < -0.4 is 9.64 Å². The van der Waals surface area contributed by atoms with E-state index in [2.05, 4.69) is 4.98 Å². The number of hydrogen-bond donors (Lipinski definition) is 0. The van der Waals surface area contributed by atoms with Crippen LogP contribution in [0.2, 0.25) is 0 Å². The highest BCUT2D eigenvalue weighted by molar-refractivity contribution is 6.08. The van der Waals surface area contributed by atoms with Crippen LogP contribution in [0, 0.1) is 6.92 Å². The van der Waals surface area contributed by atoms with Crippen LogP contribution in [-0.2, 0) is 12.4 Å². The number of anilines is 1. The van der Waals surface area contributed by atoms with Crippen molar-refractivity contribution >= 4 is 11.6 Å². The van der Waals surface area contributed by atoms with Gasteiger partial charge in [0.25, 0.3) is 5.91 Å². The Bertz CT molecular complexity index is 1160. The number of amides is 1. The van der Waals surface area contributed by atoms with E-state index in [0.29, 0.717) is 29.0 Å².